The van der Waals surface area contributed by atoms with E-state index in [1.54, 1.807) is 0 Å². The Labute approximate surface area is 111 Å². The SMILES string of the molecule is Cc1cccc(CCC2(CN(C)C)CCCN2)c1. The molecule has 0 radical (unpaired) electrons. The Hall–Kier alpha value is -0.860. The summed E-state index contributed by atoms with van der Waals surface area (Å²) in [7, 11) is 4.35. The third-order valence-corrected chi connectivity index (χ3v) is 3.93. The van der Waals surface area contributed by atoms with Gasteiger partial charge in [0.15, 0.2) is 0 Å². The van der Waals surface area contributed by atoms with E-state index in [-0.39, 0.29) is 0 Å². The van der Waals surface area contributed by atoms with Gasteiger partial charge < -0.3 is 10.2 Å². The summed E-state index contributed by atoms with van der Waals surface area (Å²) in [6.07, 6.45) is 5.07. The summed E-state index contributed by atoms with van der Waals surface area (Å²) in [5.74, 6) is 0. The molecule has 0 amide bonds. The largest absolute Gasteiger partial charge is 0.310 e. The molecule has 0 aliphatic carbocycles. The van der Waals surface area contributed by atoms with Crippen molar-refractivity contribution in [2.24, 2.45) is 0 Å². The summed E-state index contributed by atoms with van der Waals surface area (Å²) in [4.78, 5) is 2.31. The van der Waals surface area contributed by atoms with Crippen molar-refractivity contribution in [1.29, 1.82) is 0 Å². The van der Waals surface area contributed by atoms with Gasteiger partial charge in [0.25, 0.3) is 0 Å². The highest BCUT2D eigenvalue weighted by molar-refractivity contribution is 5.22. The van der Waals surface area contributed by atoms with Crippen molar-refractivity contribution in [1.82, 2.24) is 10.2 Å². The third-order valence-electron chi connectivity index (χ3n) is 3.93. The number of hydrogen-bond acceptors (Lipinski definition) is 2. The maximum atomic E-state index is 3.74. The van der Waals surface area contributed by atoms with Crippen LogP contribution in [0.2, 0.25) is 0 Å². The molecule has 1 aromatic carbocycles. The highest BCUT2D eigenvalue weighted by Crippen LogP contribution is 2.25. The zero-order valence-corrected chi connectivity index (χ0v) is 12.0. The fraction of sp³-hybridized carbons (Fsp3) is 0.625. The van der Waals surface area contributed by atoms with E-state index in [4.69, 9.17) is 0 Å². The van der Waals surface area contributed by atoms with Crippen LogP contribution in [0.1, 0.15) is 30.4 Å². The number of rotatable bonds is 5. The van der Waals surface area contributed by atoms with Gasteiger partial charge in [-0.05, 0) is 58.8 Å². The van der Waals surface area contributed by atoms with E-state index in [9.17, 15) is 0 Å². The van der Waals surface area contributed by atoms with Crippen LogP contribution in [-0.4, -0.2) is 37.6 Å². The average molecular weight is 246 g/mol. The Morgan fingerprint density at radius 1 is 1.33 bits per heavy atom. The van der Waals surface area contributed by atoms with Gasteiger partial charge in [-0.2, -0.15) is 0 Å². The Morgan fingerprint density at radius 3 is 2.78 bits per heavy atom. The standard InChI is InChI=1S/C16H26N2/c1-14-6-4-7-15(12-14)8-10-16(13-18(2)3)9-5-11-17-16/h4,6-7,12,17H,5,8-11,13H2,1-3H3. The van der Waals surface area contributed by atoms with Crippen LogP contribution in [0, 0.1) is 6.92 Å². The van der Waals surface area contributed by atoms with Crippen LogP contribution in [-0.2, 0) is 6.42 Å². The fourth-order valence-electron chi connectivity index (χ4n) is 3.15. The van der Waals surface area contributed by atoms with Crippen LogP contribution >= 0.6 is 0 Å². The summed E-state index contributed by atoms with van der Waals surface area (Å²) in [6.45, 7) is 4.51. The molecule has 0 saturated carbocycles. The number of nitrogens with one attached hydrogen (secondary N) is 1. The summed E-state index contributed by atoms with van der Waals surface area (Å²) in [6, 6.07) is 8.92. The molecule has 1 fully saturated rings. The summed E-state index contributed by atoms with van der Waals surface area (Å²) < 4.78 is 0. The van der Waals surface area contributed by atoms with Crippen LogP contribution in [0.4, 0.5) is 0 Å². The van der Waals surface area contributed by atoms with Gasteiger partial charge in [0, 0.05) is 12.1 Å². The van der Waals surface area contributed by atoms with E-state index in [0.717, 1.165) is 6.54 Å². The van der Waals surface area contributed by atoms with Gasteiger partial charge >= 0.3 is 0 Å². The Bertz CT molecular complexity index is 378. The van der Waals surface area contributed by atoms with Gasteiger partial charge in [0.1, 0.15) is 0 Å². The highest BCUT2D eigenvalue weighted by Gasteiger charge is 2.33. The minimum Gasteiger partial charge on any atom is -0.310 e. The minimum atomic E-state index is 0.341. The molecule has 2 heteroatoms. The number of aryl methyl sites for hydroxylation is 2. The summed E-state index contributed by atoms with van der Waals surface area (Å²) in [5.41, 5.74) is 3.18. The number of likely N-dealkylation sites (N-methyl/N-ethyl adjacent to an activating group) is 1. The molecule has 1 aliphatic rings. The molecule has 1 heterocycles. The first-order chi connectivity index (χ1) is 8.60. The van der Waals surface area contributed by atoms with E-state index in [1.165, 1.54) is 43.4 Å². The van der Waals surface area contributed by atoms with Crippen LogP contribution in [0.5, 0.6) is 0 Å². The molecule has 0 bridgehead atoms. The normalized spacial score (nSPS) is 23.8. The van der Waals surface area contributed by atoms with Crippen molar-refractivity contribution in [2.75, 3.05) is 27.2 Å². The number of nitrogens with zero attached hydrogens (tertiary/aromatic N) is 1. The second kappa shape index (κ2) is 5.85. The van der Waals surface area contributed by atoms with Crippen LogP contribution in [0.25, 0.3) is 0 Å². The van der Waals surface area contributed by atoms with Crippen LogP contribution in [0.3, 0.4) is 0 Å². The third kappa shape index (κ3) is 3.56. The zero-order valence-electron chi connectivity index (χ0n) is 12.0. The van der Waals surface area contributed by atoms with Gasteiger partial charge in [-0.1, -0.05) is 29.8 Å². The van der Waals surface area contributed by atoms with Crippen molar-refractivity contribution < 1.29 is 0 Å². The molecule has 1 aromatic rings. The van der Waals surface area contributed by atoms with E-state index < -0.39 is 0 Å². The Kier molecular flexibility index (Phi) is 4.41. The van der Waals surface area contributed by atoms with Gasteiger partial charge in [0.2, 0.25) is 0 Å². The lowest BCUT2D eigenvalue weighted by molar-refractivity contribution is 0.243. The molecular weight excluding hydrogens is 220 g/mol. The molecule has 1 aliphatic heterocycles. The number of benzene rings is 1. The lowest BCUT2D eigenvalue weighted by atomic mass is 9.89. The van der Waals surface area contributed by atoms with Crippen molar-refractivity contribution in [3.05, 3.63) is 35.4 Å². The number of hydrogen-bond donors (Lipinski definition) is 1. The molecule has 2 nitrogen and oxygen atoms in total. The smallest absolute Gasteiger partial charge is 0.0312 e. The average Bonchev–Trinajstić information content (AvgIpc) is 2.75. The molecule has 100 valence electrons. The lowest BCUT2D eigenvalue weighted by Crippen LogP contribution is -2.48. The second-order valence-electron chi connectivity index (χ2n) is 6.04. The molecule has 1 unspecified atom stereocenters. The summed E-state index contributed by atoms with van der Waals surface area (Å²) in [5, 5.41) is 3.74. The molecule has 1 saturated heterocycles. The first-order valence-corrected chi connectivity index (χ1v) is 7.05. The topological polar surface area (TPSA) is 15.3 Å². The first-order valence-electron chi connectivity index (χ1n) is 7.05. The lowest BCUT2D eigenvalue weighted by Gasteiger charge is -2.32. The molecular formula is C16H26N2. The fourth-order valence-corrected chi connectivity index (χ4v) is 3.15. The van der Waals surface area contributed by atoms with Crippen LogP contribution in [0.15, 0.2) is 24.3 Å². The second-order valence-corrected chi connectivity index (χ2v) is 6.04. The zero-order chi connectivity index (χ0) is 13.0. The van der Waals surface area contributed by atoms with Gasteiger partial charge in [-0.15, -0.1) is 0 Å². The van der Waals surface area contributed by atoms with Gasteiger partial charge in [-0.25, -0.2) is 0 Å². The predicted octanol–water partition coefficient (Wildman–Crippen LogP) is 2.61. The van der Waals surface area contributed by atoms with E-state index in [0.29, 0.717) is 5.54 Å². The van der Waals surface area contributed by atoms with Crippen molar-refractivity contribution in [3.8, 4) is 0 Å². The maximum Gasteiger partial charge on any atom is 0.0312 e. The molecule has 0 spiro atoms. The monoisotopic (exact) mass is 246 g/mol. The maximum absolute atomic E-state index is 3.74. The van der Waals surface area contributed by atoms with E-state index >= 15 is 0 Å². The van der Waals surface area contributed by atoms with E-state index in [1.807, 2.05) is 0 Å². The van der Waals surface area contributed by atoms with Crippen LogP contribution < -0.4 is 5.32 Å². The van der Waals surface area contributed by atoms with Gasteiger partial charge in [0.05, 0.1) is 0 Å². The van der Waals surface area contributed by atoms with Gasteiger partial charge in [-0.3, -0.25) is 0 Å². The molecule has 18 heavy (non-hydrogen) atoms. The molecule has 0 aromatic heterocycles. The quantitative estimate of drug-likeness (QED) is 0.859. The van der Waals surface area contributed by atoms with E-state index in [2.05, 4.69) is 55.5 Å². The molecule has 1 N–H and O–H groups in total. The first kappa shape index (κ1) is 13.6. The predicted molar refractivity (Wildman–Crippen MR) is 78.0 cm³/mol. The minimum absolute atomic E-state index is 0.341. The highest BCUT2D eigenvalue weighted by atomic mass is 15.1. The summed E-state index contributed by atoms with van der Waals surface area (Å²) >= 11 is 0. The van der Waals surface area contributed by atoms with Crippen molar-refractivity contribution in [3.63, 3.8) is 0 Å². The van der Waals surface area contributed by atoms with Crippen molar-refractivity contribution in [2.45, 2.75) is 38.1 Å². The molecule has 1 atom stereocenters. The Morgan fingerprint density at radius 2 is 2.17 bits per heavy atom. The molecule has 2 rings (SSSR count). The van der Waals surface area contributed by atoms with Crippen molar-refractivity contribution >= 4 is 0 Å². The Balaban J connectivity index is 1.97.